The van der Waals surface area contributed by atoms with Crippen LogP contribution in [0.4, 0.5) is 4.39 Å². The molecule has 0 saturated heterocycles. The fraction of sp³-hybridized carbons (Fsp3) is 0. The van der Waals surface area contributed by atoms with Crippen molar-refractivity contribution in [2.24, 2.45) is 0 Å². The number of rotatable bonds is 2. The molecule has 0 fully saturated rings. The molecule has 2 heterocycles. The SMILES string of the molecule is Brc1cccc(-c2cnco2)c1.N#Cc1ccc(-c2cnco2)cc1F. The van der Waals surface area contributed by atoms with E-state index in [1.807, 2.05) is 24.3 Å². The van der Waals surface area contributed by atoms with E-state index < -0.39 is 5.82 Å². The minimum absolute atomic E-state index is 0.0215. The summed E-state index contributed by atoms with van der Waals surface area (Å²) in [5.41, 5.74) is 1.62. The van der Waals surface area contributed by atoms with Crippen LogP contribution in [0.1, 0.15) is 5.56 Å². The summed E-state index contributed by atoms with van der Waals surface area (Å²) in [5.74, 6) is 0.714. The standard InChI is InChI=1S/C10H5FN2O.C9H6BrNO/c11-9-3-7(1-2-8(9)4-12)10-5-13-6-14-10;10-8-3-1-2-7(4-8)9-5-11-6-12-9/h1-3,5-6H;1-6H. The van der Waals surface area contributed by atoms with Gasteiger partial charge in [0.25, 0.3) is 0 Å². The van der Waals surface area contributed by atoms with Gasteiger partial charge in [0.1, 0.15) is 11.9 Å². The van der Waals surface area contributed by atoms with E-state index in [-0.39, 0.29) is 5.56 Å². The third-order valence-electron chi connectivity index (χ3n) is 3.35. The molecule has 2 aromatic carbocycles. The van der Waals surface area contributed by atoms with Crippen molar-refractivity contribution in [3.8, 4) is 28.7 Å². The van der Waals surface area contributed by atoms with Crippen molar-refractivity contribution in [3.05, 3.63) is 83.5 Å². The lowest BCUT2D eigenvalue weighted by Gasteiger charge is -1.97. The number of nitrogens with zero attached hydrogens (tertiary/aromatic N) is 3. The molecule has 4 aromatic rings. The van der Waals surface area contributed by atoms with Gasteiger partial charge in [-0.1, -0.05) is 28.1 Å². The van der Waals surface area contributed by atoms with Crippen molar-refractivity contribution in [3.63, 3.8) is 0 Å². The van der Waals surface area contributed by atoms with Crippen LogP contribution in [0.3, 0.4) is 0 Å². The monoisotopic (exact) mass is 411 g/mol. The van der Waals surface area contributed by atoms with Crippen molar-refractivity contribution in [1.29, 1.82) is 5.26 Å². The summed E-state index contributed by atoms with van der Waals surface area (Å²) >= 11 is 3.39. The Morgan fingerprint density at radius 2 is 1.58 bits per heavy atom. The number of hydrogen-bond acceptors (Lipinski definition) is 5. The van der Waals surface area contributed by atoms with Gasteiger partial charge in [-0.25, -0.2) is 14.4 Å². The molecule has 0 N–H and O–H groups in total. The second-order valence-electron chi connectivity index (χ2n) is 5.05. The van der Waals surface area contributed by atoms with Gasteiger partial charge in [0.2, 0.25) is 0 Å². The highest BCUT2D eigenvalue weighted by Crippen LogP contribution is 2.22. The van der Waals surface area contributed by atoms with Gasteiger partial charge in [-0.2, -0.15) is 5.26 Å². The fourth-order valence-corrected chi connectivity index (χ4v) is 2.52. The van der Waals surface area contributed by atoms with E-state index in [2.05, 4.69) is 25.9 Å². The van der Waals surface area contributed by atoms with Crippen LogP contribution < -0.4 is 0 Å². The third kappa shape index (κ3) is 4.23. The zero-order valence-electron chi connectivity index (χ0n) is 13.3. The quantitative estimate of drug-likeness (QED) is 0.437. The molecule has 5 nitrogen and oxygen atoms in total. The molecule has 0 aliphatic carbocycles. The van der Waals surface area contributed by atoms with Gasteiger partial charge in [-0.15, -0.1) is 0 Å². The average Bonchev–Trinajstić information content (AvgIpc) is 3.36. The predicted octanol–water partition coefficient (Wildman–Crippen LogP) is 5.46. The highest BCUT2D eigenvalue weighted by atomic mass is 79.9. The summed E-state index contributed by atoms with van der Waals surface area (Å²) < 4.78 is 24.3. The van der Waals surface area contributed by atoms with Crippen LogP contribution in [-0.4, -0.2) is 9.97 Å². The van der Waals surface area contributed by atoms with E-state index in [0.717, 1.165) is 15.8 Å². The number of benzene rings is 2. The van der Waals surface area contributed by atoms with Gasteiger partial charge in [0.05, 0.1) is 18.0 Å². The first-order chi connectivity index (χ1) is 12.7. The molecule has 0 atom stereocenters. The Balaban J connectivity index is 0.000000152. The summed E-state index contributed by atoms with van der Waals surface area (Å²) in [6, 6.07) is 13.9. The van der Waals surface area contributed by atoms with Gasteiger partial charge in [-0.05, 0) is 30.3 Å². The molecule has 0 aliphatic rings. The van der Waals surface area contributed by atoms with Crippen LogP contribution >= 0.6 is 15.9 Å². The Morgan fingerprint density at radius 3 is 2.08 bits per heavy atom. The maximum Gasteiger partial charge on any atom is 0.181 e. The van der Waals surface area contributed by atoms with Gasteiger partial charge < -0.3 is 8.83 Å². The van der Waals surface area contributed by atoms with E-state index in [4.69, 9.17) is 14.1 Å². The van der Waals surface area contributed by atoms with Gasteiger partial charge >= 0.3 is 0 Å². The highest BCUT2D eigenvalue weighted by Gasteiger charge is 2.06. The molecular formula is C19H11BrFN3O2. The summed E-state index contributed by atoms with van der Waals surface area (Å²) in [6.07, 6.45) is 5.88. The molecule has 128 valence electrons. The van der Waals surface area contributed by atoms with Crippen LogP contribution in [0.25, 0.3) is 22.6 Å². The van der Waals surface area contributed by atoms with E-state index in [0.29, 0.717) is 11.3 Å². The van der Waals surface area contributed by atoms with Crippen LogP contribution in [0.2, 0.25) is 0 Å². The minimum atomic E-state index is -0.554. The topological polar surface area (TPSA) is 75.8 Å². The number of halogens is 2. The molecule has 0 saturated carbocycles. The summed E-state index contributed by atoms with van der Waals surface area (Å²) in [7, 11) is 0. The Bertz CT molecular complexity index is 1030. The van der Waals surface area contributed by atoms with Crippen molar-refractivity contribution < 1.29 is 13.2 Å². The molecule has 2 aromatic heterocycles. The molecule has 26 heavy (non-hydrogen) atoms. The lowest BCUT2D eigenvalue weighted by Crippen LogP contribution is -1.84. The number of aromatic nitrogens is 2. The lowest BCUT2D eigenvalue weighted by molar-refractivity contribution is 0.570. The molecule has 7 heteroatoms. The third-order valence-corrected chi connectivity index (χ3v) is 3.84. The van der Waals surface area contributed by atoms with Gasteiger partial charge in [-0.3, -0.25) is 0 Å². The largest absolute Gasteiger partial charge is 0.444 e. The first-order valence-electron chi connectivity index (χ1n) is 7.40. The summed E-state index contributed by atoms with van der Waals surface area (Å²) in [5, 5.41) is 8.51. The van der Waals surface area contributed by atoms with Crippen LogP contribution in [0.15, 0.2) is 81.0 Å². The van der Waals surface area contributed by atoms with E-state index >= 15 is 0 Å². The molecule has 0 aliphatic heterocycles. The maximum atomic E-state index is 13.2. The zero-order chi connectivity index (χ0) is 18.4. The molecule has 0 radical (unpaired) electrons. The maximum absolute atomic E-state index is 13.2. The second-order valence-corrected chi connectivity index (χ2v) is 5.96. The van der Waals surface area contributed by atoms with Gasteiger partial charge in [0, 0.05) is 15.6 Å². The molecule has 0 amide bonds. The Labute approximate surface area is 156 Å². The molecule has 0 unspecified atom stereocenters. The number of hydrogen-bond donors (Lipinski definition) is 0. The van der Waals surface area contributed by atoms with Crippen LogP contribution in [0, 0.1) is 17.1 Å². The molecule has 4 rings (SSSR count). The number of nitriles is 1. The highest BCUT2D eigenvalue weighted by molar-refractivity contribution is 9.10. The zero-order valence-corrected chi connectivity index (χ0v) is 14.9. The Morgan fingerprint density at radius 1 is 0.923 bits per heavy atom. The number of oxazole rings is 2. The van der Waals surface area contributed by atoms with E-state index in [9.17, 15) is 4.39 Å². The lowest BCUT2D eigenvalue weighted by atomic mass is 10.1. The van der Waals surface area contributed by atoms with Crippen molar-refractivity contribution in [1.82, 2.24) is 9.97 Å². The second kappa shape index (κ2) is 8.23. The minimum Gasteiger partial charge on any atom is -0.444 e. The van der Waals surface area contributed by atoms with Gasteiger partial charge in [0.15, 0.2) is 24.3 Å². The van der Waals surface area contributed by atoms with Crippen LogP contribution in [-0.2, 0) is 0 Å². The van der Waals surface area contributed by atoms with E-state index in [1.54, 1.807) is 18.3 Å². The predicted molar refractivity (Wildman–Crippen MR) is 96.3 cm³/mol. The normalized spacial score (nSPS) is 9.88. The molecular weight excluding hydrogens is 401 g/mol. The van der Waals surface area contributed by atoms with Crippen molar-refractivity contribution in [2.45, 2.75) is 0 Å². The molecule has 0 spiro atoms. The first-order valence-corrected chi connectivity index (χ1v) is 8.19. The fourth-order valence-electron chi connectivity index (χ4n) is 2.12. The van der Waals surface area contributed by atoms with Crippen molar-refractivity contribution >= 4 is 15.9 Å². The Kier molecular flexibility index (Phi) is 5.56. The van der Waals surface area contributed by atoms with Crippen molar-refractivity contribution in [2.75, 3.05) is 0 Å². The summed E-state index contributed by atoms with van der Waals surface area (Å²) in [6.45, 7) is 0. The molecule has 0 bridgehead atoms. The first kappa shape index (κ1) is 17.6. The van der Waals surface area contributed by atoms with E-state index in [1.165, 1.54) is 31.1 Å². The smallest absolute Gasteiger partial charge is 0.181 e. The average molecular weight is 412 g/mol. The Hall–Kier alpha value is -3.24. The van der Waals surface area contributed by atoms with Crippen LogP contribution in [0.5, 0.6) is 0 Å². The summed E-state index contributed by atoms with van der Waals surface area (Å²) in [4.78, 5) is 7.56.